The van der Waals surface area contributed by atoms with E-state index in [0.717, 1.165) is 12.3 Å². The van der Waals surface area contributed by atoms with Crippen molar-refractivity contribution in [2.24, 2.45) is 11.7 Å². The molecule has 2 nitrogen and oxygen atoms in total. The molecule has 0 amide bonds. The summed E-state index contributed by atoms with van der Waals surface area (Å²) < 4.78 is 0. The molecule has 0 radical (unpaired) electrons. The van der Waals surface area contributed by atoms with Gasteiger partial charge in [-0.05, 0) is 50.3 Å². The van der Waals surface area contributed by atoms with Gasteiger partial charge in [-0.3, -0.25) is 4.90 Å². The lowest BCUT2D eigenvalue weighted by atomic mass is 9.92. The van der Waals surface area contributed by atoms with Gasteiger partial charge in [-0.25, -0.2) is 0 Å². The molecule has 2 rings (SSSR count). The number of hydrogen-bond acceptors (Lipinski definition) is 2. The maximum Gasteiger partial charge on any atom is 0.0498 e. The van der Waals surface area contributed by atoms with Gasteiger partial charge in [-0.2, -0.15) is 0 Å². The molecule has 2 heteroatoms. The molecule has 0 aromatic heterocycles. The summed E-state index contributed by atoms with van der Waals surface area (Å²) in [6.45, 7) is 5.58. The standard InChI is InChI=1S/C18H30N2/c1-4-17(19)18(16-12-8-5-9-14(16)2)20(3)13-15-10-6-7-11-15/h5,8-9,12,15,17-18H,4,6-7,10-11,13,19H2,1-3H3. The number of hydrogen-bond donors (Lipinski definition) is 1. The molecular formula is C18H30N2. The van der Waals surface area contributed by atoms with Crippen molar-refractivity contribution in [3.05, 3.63) is 35.4 Å². The molecule has 0 bridgehead atoms. The van der Waals surface area contributed by atoms with Crippen molar-refractivity contribution in [2.45, 2.75) is 58.0 Å². The lowest BCUT2D eigenvalue weighted by Crippen LogP contribution is -2.41. The van der Waals surface area contributed by atoms with Crippen molar-refractivity contribution in [1.29, 1.82) is 0 Å². The molecule has 1 saturated carbocycles. The maximum absolute atomic E-state index is 6.45. The highest BCUT2D eigenvalue weighted by Gasteiger charge is 2.27. The van der Waals surface area contributed by atoms with E-state index in [0.29, 0.717) is 6.04 Å². The van der Waals surface area contributed by atoms with Crippen LogP contribution in [0.4, 0.5) is 0 Å². The molecule has 0 spiro atoms. The normalized spacial score (nSPS) is 19.4. The molecule has 1 aromatic carbocycles. The van der Waals surface area contributed by atoms with Gasteiger partial charge in [0, 0.05) is 18.6 Å². The fraction of sp³-hybridized carbons (Fsp3) is 0.667. The molecule has 0 saturated heterocycles. The van der Waals surface area contributed by atoms with Gasteiger partial charge in [0.05, 0.1) is 0 Å². The van der Waals surface area contributed by atoms with Gasteiger partial charge < -0.3 is 5.73 Å². The van der Waals surface area contributed by atoms with E-state index in [9.17, 15) is 0 Å². The highest BCUT2D eigenvalue weighted by Crippen LogP contribution is 2.31. The van der Waals surface area contributed by atoms with Crippen LogP contribution in [0.1, 0.15) is 56.2 Å². The zero-order chi connectivity index (χ0) is 14.5. The van der Waals surface area contributed by atoms with E-state index in [1.807, 2.05) is 0 Å². The Labute approximate surface area is 124 Å². The molecule has 0 heterocycles. The van der Waals surface area contributed by atoms with Crippen molar-refractivity contribution in [1.82, 2.24) is 4.90 Å². The first-order valence-corrected chi connectivity index (χ1v) is 8.14. The van der Waals surface area contributed by atoms with Crippen LogP contribution in [-0.4, -0.2) is 24.5 Å². The Morgan fingerprint density at radius 1 is 1.25 bits per heavy atom. The SMILES string of the molecule is CCC(N)C(c1ccccc1C)N(C)CC1CCCC1. The van der Waals surface area contributed by atoms with Crippen LogP contribution in [-0.2, 0) is 0 Å². The molecule has 2 atom stereocenters. The predicted molar refractivity (Wildman–Crippen MR) is 86.8 cm³/mol. The summed E-state index contributed by atoms with van der Waals surface area (Å²) in [5.74, 6) is 0.871. The van der Waals surface area contributed by atoms with E-state index in [4.69, 9.17) is 5.73 Å². The third kappa shape index (κ3) is 3.62. The minimum Gasteiger partial charge on any atom is -0.326 e. The number of rotatable bonds is 6. The summed E-state index contributed by atoms with van der Waals surface area (Å²) in [4.78, 5) is 2.51. The number of likely N-dealkylation sites (N-methyl/N-ethyl adjacent to an activating group) is 1. The minimum atomic E-state index is 0.211. The summed E-state index contributed by atoms with van der Waals surface area (Å²) in [5, 5.41) is 0. The van der Waals surface area contributed by atoms with E-state index in [1.54, 1.807) is 0 Å². The largest absolute Gasteiger partial charge is 0.326 e. The average Bonchev–Trinajstić information content (AvgIpc) is 2.93. The van der Waals surface area contributed by atoms with Crippen molar-refractivity contribution < 1.29 is 0 Å². The second-order valence-electron chi connectivity index (χ2n) is 6.46. The van der Waals surface area contributed by atoms with E-state index in [1.165, 1.54) is 43.4 Å². The van der Waals surface area contributed by atoms with Crippen LogP contribution in [0.25, 0.3) is 0 Å². The maximum atomic E-state index is 6.45. The molecular weight excluding hydrogens is 244 g/mol. The molecule has 1 aliphatic rings. The monoisotopic (exact) mass is 274 g/mol. The van der Waals surface area contributed by atoms with Crippen LogP contribution in [0.5, 0.6) is 0 Å². The molecule has 2 unspecified atom stereocenters. The predicted octanol–water partition coefficient (Wildman–Crippen LogP) is 3.90. The first-order valence-electron chi connectivity index (χ1n) is 8.14. The summed E-state index contributed by atoms with van der Waals surface area (Å²) in [6, 6.07) is 9.27. The second-order valence-corrected chi connectivity index (χ2v) is 6.46. The van der Waals surface area contributed by atoms with Crippen molar-refractivity contribution in [3.63, 3.8) is 0 Å². The highest BCUT2D eigenvalue weighted by atomic mass is 15.1. The van der Waals surface area contributed by atoms with Crippen LogP contribution in [0, 0.1) is 12.8 Å². The fourth-order valence-electron chi connectivity index (χ4n) is 3.65. The Bertz CT molecular complexity index is 410. The zero-order valence-corrected chi connectivity index (χ0v) is 13.3. The topological polar surface area (TPSA) is 29.3 Å². The molecule has 1 aromatic rings. The first-order chi connectivity index (χ1) is 9.63. The Morgan fingerprint density at radius 3 is 2.50 bits per heavy atom. The smallest absolute Gasteiger partial charge is 0.0498 e. The fourth-order valence-corrected chi connectivity index (χ4v) is 3.65. The highest BCUT2D eigenvalue weighted by molar-refractivity contribution is 5.30. The number of benzene rings is 1. The first kappa shape index (κ1) is 15.5. The third-order valence-corrected chi connectivity index (χ3v) is 4.88. The Hall–Kier alpha value is -0.860. The average molecular weight is 274 g/mol. The third-order valence-electron chi connectivity index (χ3n) is 4.88. The van der Waals surface area contributed by atoms with Gasteiger partial charge in [0.2, 0.25) is 0 Å². The number of nitrogens with two attached hydrogens (primary N) is 1. The molecule has 20 heavy (non-hydrogen) atoms. The Kier molecular flexibility index (Phi) is 5.62. The van der Waals surface area contributed by atoms with Crippen LogP contribution in [0.3, 0.4) is 0 Å². The lowest BCUT2D eigenvalue weighted by molar-refractivity contribution is 0.180. The lowest BCUT2D eigenvalue weighted by Gasteiger charge is -2.35. The van der Waals surface area contributed by atoms with Crippen LogP contribution >= 0.6 is 0 Å². The molecule has 112 valence electrons. The summed E-state index contributed by atoms with van der Waals surface area (Å²) >= 11 is 0. The second kappa shape index (κ2) is 7.24. The number of nitrogens with zero attached hydrogens (tertiary/aromatic N) is 1. The van der Waals surface area contributed by atoms with Gasteiger partial charge in [-0.1, -0.05) is 44.0 Å². The van der Waals surface area contributed by atoms with Gasteiger partial charge in [-0.15, -0.1) is 0 Å². The van der Waals surface area contributed by atoms with Gasteiger partial charge in [0.1, 0.15) is 0 Å². The Balaban J connectivity index is 2.16. The van der Waals surface area contributed by atoms with Crippen molar-refractivity contribution >= 4 is 0 Å². The molecule has 1 fully saturated rings. The van der Waals surface area contributed by atoms with Gasteiger partial charge in [0.25, 0.3) is 0 Å². The molecule has 1 aliphatic carbocycles. The van der Waals surface area contributed by atoms with E-state index >= 15 is 0 Å². The van der Waals surface area contributed by atoms with Crippen LogP contribution in [0.2, 0.25) is 0 Å². The van der Waals surface area contributed by atoms with Crippen molar-refractivity contribution in [2.75, 3.05) is 13.6 Å². The van der Waals surface area contributed by atoms with E-state index in [2.05, 4.69) is 50.1 Å². The minimum absolute atomic E-state index is 0.211. The number of aryl methyl sites for hydroxylation is 1. The Morgan fingerprint density at radius 2 is 1.90 bits per heavy atom. The van der Waals surface area contributed by atoms with Gasteiger partial charge in [0.15, 0.2) is 0 Å². The van der Waals surface area contributed by atoms with Crippen LogP contribution in [0.15, 0.2) is 24.3 Å². The summed E-state index contributed by atoms with van der Waals surface area (Å²) in [7, 11) is 2.25. The van der Waals surface area contributed by atoms with E-state index in [-0.39, 0.29) is 6.04 Å². The summed E-state index contributed by atoms with van der Waals surface area (Å²) in [5.41, 5.74) is 9.22. The van der Waals surface area contributed by atoms with Crippen LogP contribution < -0.4 is 5.73 Å². The zero-order valence-electron chi connectivity index (χ0n) is 13.3. The molecule has 2 N–H and O–H groups in total. The quantitative estimate of drug-likeness (QED) is 0.852. The molecule has 0 aliphatic heterocycles. The van der Waals surface area contributed by atoms with Gasteiger partial charge >= 0.3 is 0 Å². The van der Waals surface area contributed by atoms with E-state index < -0.39 is 0 Å². The van der Waals surface area contributed by atoms with Crippen molar-refractivity contribution in [3.8, 4) is 0 Å². The summed E-state index contributed by atoms with van der Waals surface area (Å²) in [6.07, 6.45) is 6.63.